The normalized spacial score (nSPS) is 10.7. The Hall–Kier alpha value is -2.09. The van der Waals surface area contributed by atoms with E-state index in [1.165, 1.54) is 18.2 Å². The maximum absolute atomic E-state index is 11.6. The van der Waals surface area contributed by atoms with Crippen LogP contribution in [0, 0.1) is 0 Å². The summed E-state index contributed by atoms with van der Waals surface area (Å²) in [5.41, 5.74) is 0. The Morgan fingerprint density at radius 2 is 2.06 bits per heavy atom. The predicted molar refractivity (Wildman–Crippen MR) is 60.6 cm³/mol. The highest BCUT2D eigenvalue weighted by Gasteiger charge is 2.16. The molecule has 0 bridgehead atoms. The standard InChI is InChI=1S/C10H11NO6S/c1-7(12)11-18(15,16)9-4-2-3-8(5-9)17-6-10(13)14/h2-5H,6H2,1H3,(H,11,12)(H,13,14). The third-order valence-corrected chi connectivity index (χ3v) is 3.19. The van der Waals surface area contributed by atoms with E-state index in [0.29, 0.717) is 0 Å². The number of carboxylic acids is 1. The molecule has 0 spiro atoms. The summed E-state index contributed by atoms with van der Waals surface area (Å²) in [6, 6.07) is 5.19. The predicted octanol–water partition coefficient (Wildman–Crippen LogP) is -0.0252. The Bertz CT molecular complexity index is 565. The second-order valence-electron chi connectivity index (χ2n) is 3.32. The molecule has 0 heterocycles. The van der Waals surface area contributed by atoms with Gasteiger partial charge in [0.1, 0.15) is 5.75 Å². The highest BCUT2D eigenvalue weighted by atomic mass is 32.2. The van der Waals surface area contributed by atoms with Crippen molar-refractivity contribution >= 4 is 21.9 Å². The molecular weight excluding hydrogens is 262 g/mol. The number of carbonyl (C=O) groups is 2. The minimum atomic E-state index is -3.95. The summed E-state index contributed by atoms with van der Waals surface area (Å²) in [7, 11) is -3.95. The van der Waals surface area contributed by atoms with Crippen LogP contribution in [0.2, 0.25) is 0 Å². The summed E-state index contributed by atoms with van der Waals surface area (Å²) >= 11 is 0. The van der Waals surface area contributed by atoms with Crippen molar-refractivity contribution in [3.8, 4) is 5.75 Å². The maximum Gasteiger partial charge on any atom is 0.341 e. The van der Waals surface area contributed by atoms with Gasteiger partial charge in [0, 0.05) is 13.0 Å². The molecule has 0 atom stereocenters. The first kappa shape index (κ1) is 14.0. The van der Waals surface area contributed by atoms with Crippen LogP contribution in [-0.2, 0) is 19.6 Å². The number of aliphatic carboxylic acids is 1. The quantitative estimate of drug-likeness (QED) is 0.779. The number of sulfonamides is 1. The van der Waals surface area contributed by atoms with Crippen molar-refractivity contribution in [3.05, 3.63) is 24.3 Å². The monoisotopic (exact) mass is 273 g/mol. The molecule has 18 heavy (non-hydrogen) atoms. The van der Waals surface area contributed by atoms with Gasteiger partial charge in [-0.05, 0) is 12.1 Å². The van der Waals surface area contributed by atoms with Gasteiger partial charge in [-0.3, -0.25) is 4.79 Å². The number of nitrogens with one attached hydrogen (secondary N) is 1. The number of hydrogen-bond acceptors (Lipinski definition) is 5. The number of hydrogen-bond donors (Lipinski definition) is 2. The molecule has 1 amide bonds. The summed E-state index contributed by atoms with van der Waals surface area (Å²) < 4.78 is 29.9. The first-order valence-electron chi connectivity index (χ1n) is 4.79. The van der Waals surface area contributed by atoms with E-state index in [2.05, 4.69) is 0 Å². The minimum Gasteiger partial charge on any atom is -0.482 e. The van der Waals surface area contributed by atoms with Gasteiger partial charge in [0.25, 0.3) is 10.0 Å². The Balaban J connectivity index is 2.94. The molecule has 0 radical (unpaired) electrons. The molecule has 1 aromatic rings. The van der Waals surface area contributed by atoms with Crippen molar-refractivity contribution in [3.63, 3.8) is 0 Å². The van der Waals surface area contributed by atoms with E-state index in [4.69, 9.17) is 9.84 Å². The summed E-state index contributed by atoms with van der Waals surface area (Å²) in [5, 5.41) is 8.42. The molecule has 1 rings (SSSR count). The first-order chi connectivity index (χ1) is 8.31. The molecule has 0 aliphatic rings. The average Bonchev–Trinajstić information content (AvgIpc) is 2.25. The highest BCUT2D eigenvalue weighted by Crippen LogP contribution is 2.17. The number of carboxylic acid groups (broad SMARTS) is 1. The molecule has 0 saturated carbocycles. The summed E-state index contributed by atoms with van der Waals surface area (Å²) in [4.78, 5) is 20.9. The second kappa shape index (κ2) is 5.50. The van der Waals surface area contributed by atoms with Crippen LogP contribution in [-0.4, -0.2) is 32.0 Å². The number of carbonyl (C=O) groups excluding carboxylic acids is 1. The van der Waals surface area contributed by atoms with Crippen molar-refractivity contribution in [2.75, 3.05) is 6.61 Å². The van der Waals surface area contributed by atoms with Crippen LogP contribution in [0.3, 0.4) is 0 Å². The number of rotatable bonds is 5. The van der Waals surface area contributed by atoms with Gasteiger partial charge in [-0.15, -0.1) is 0 Å². The molecular formula is C10H11NO6S. The zero-order valence-corrected chi connectivity index (χ0v) is 10.2. The van der Waals surface area contributed by atoms with Crippen LogP contribution in [0.25, 0.3) is 0 Å². The fourth-order valence-electron chi connectivity index (χ4n) is 1.12. The molecule has 8 heteroatoms. The molecule has 1 aromatic carbocycles. The Morgan fingerprint density at radius 3 is 2.61 bits per heavy atom. The van der Waals surface area contributed by atoms with Gasteiger partial charge in [-0.25, -0.2) is 17.9 Å². The molecule has 2 N–H and O–H groups in total. The van der Waals surface area contributed by atoms with Crippen LogP contribution >= 0.6 is 0 Å². The molecule has 0 aliphatic carbocycles. The highest BCUT2D eigenvalue weighted by molar-refractivity contribution is 7.90. The first-order valence-corrected chi connectivity index (χ1v) is 6.27. The van der Waals surface area contributed by atoms with Gasteiger partial charge < -0.3 is 9.84 Å². The number of amides is 1. The minimum absolute atomic E-state index is 0.0869. The second-order valence-corrected chi connectivity index (χ2v) is 5.00. The average molecular weight is 273 g/mol. The zero-order valence-electron chi connectivity index (χ0n) is 9.41. The van der Waals surface area contributed by atoms with Crippen molar-refractivity contribution in [2.24, 2.45) is 0 Å². The third kappa shape index (κ3) is 4.06. The number of benzene rings is 1. The van der Waals surface area contributed by atoms with Gasteiger partial charge in [-0.2, -0.15) is 0 Å². The van der Waals surface area contributed by atoms with Crippen molar-refractivity contribution < 1.29 is 27.9 Å². The van der Waals surface area contributed by atoms with Crippen LogP contribution in [0.5, 0.6) is 5.75 Å². The number of ether oxygens (including phenoxy) is 1. The fraction of sp³-hybridized carbons (Fsp3) is 0.200. The molecule has 98 valence electrons. The Kier molecular flexibility index (Phi) is 4.27. The zero-order chi connectivity index (χ0) is 13.8. The molecule has 0 saturated heterocycles. The Morgan fingerprint density at radius 1 is 1.39 bits per heavy atom. The van der Waals surface area contributed by atoms with E-state index >= 15 is 0 Å². The van der Waals surface area contributed by atoms with Gasteiger partial charge in [-0.1, -0.05) is 6.07 Å². The van der Waals surface area contributed by atoms with Gasteiger partial charge >= 0.3 is 5.97 Å². The van der Waals surface area contributed by atoms with E-state index in [0.717, 1.165) is 13.0 Å². The lowest BCUT2D eigenvalue weighted by Gasteiger charge is -2.07. The summed E-state index contributed by atoms with van der Waals surface area (Å²) in [6.45, 7) is 0.492. The summed E-state index contributed by atoms with van der Waals surface area (Å²) in [6.07, 6.45) is 0. The molecule has 0 aromatic heterocycles. The van der Waals surface area contributed by atoms with E-state index in [-0.39, 0.29) is 10.6 Å². The lowest BCUT2D eigenvalue weighted by molar-refractivity contribution is -0.139. The molecule has 0 aliphatic heterocycles. The van der Waals surface area contributed by atoms with Crippen LogP contribution in [0.1, 0.15) is 6.92 Å². The van der Waals surface area contributed by atoms with Crippen molar-refractivity contribution in [1.82, 2.24) is 4.72 Å². The fourth-order valence-corrected chi connectivity index (χ4v) is 2.15. The van der Waals surface area contributed by atoms with E-state index in [9.17, 15) is 18.0 Å². The van der Waals surface area contributed by atoms with Crippen LogP contribution in [0.15, 0.2) is 29.2 Å². The van der Waals surface area contributed by atoms with Crippen LogP contribution in [0.4, 0.5) is 0 Å². The maximum atomic E-state index is 11.6. The van der Waals surface area contributed by atoms with E-state index in [1.54, 1.807) is 4.72 Å². The van der Waals surface area contributed by atoms with E-state index < -0.39 is 28.5 Å². The SMILES string of the molecule is CC(=O)NS(=O)(=O)c1cccc(OCC(=O)O)c1. The third-order valence-electron chi connectivity index (χ3n) is 1.76. The van der Waals surface area contributed by atoms with Gasteiger partial charge in [0.05, 0.1) is 4.90 Å². The Labute approximate surface area is 103 Å². The smallest absolute Gasteiger partial charge is 0.341 e. The molecule has 0 unspecified atom stereocenters. The van der Waals surface area contributed by atoms with Crippen molar-refractivity contribution in [1.29, 1.82) is 0 Å². The van der Waals surface area contributed by atoms with Crippen LogP contribution < -0.4 is 9.46 Å². The lowest BCUT2D eigenvalue weighted by Crippen LogP contribution is -2.28. The topological polar surface area (TPSA) is 110 Å². The van der Waals surface area contributed by atoms with E-state index in [1.807, 2.05) is 0 Å². The molecule has 7 nitrogen and oxygen atoms in total. The largest absolute Gasteiger partial charge is 0.482 e. The van der Waals surface area contributed by atoms with Gasteiger partial charge in [0.2, 0.25) is 5.91 Å². The molecule has 0 fully saturated rings. The van der Waals surface area contributed by atoms with Crippen molar-refractivity contribution in [2.45, 2.75) is 11.8 Å². The van der Waals surface area contributed by atoms with Gasteiger partial charge in [0.15, 0.2) is 6.61 Å². The lowest BCUT2D eigenvalue weighted by atomic mass is 10.3. The summed E-state index contributed by atoms with van der Waals surface area (Å²) in [5.74, 6) is -1.80.